The summed E-state index contributed by atoms with van der Waals surface area (Å²) < 4.78 is 1.77. The molecule has 1 aliphatic carbocycles. The van der Waals surface area contributed by atoms with E-state index in [1.807, 2.05) is 12.4 Å². The molecule has 1 atom stereocenters. The van der Waals surface area contributed by atoms with Crippen molar-refractivity contribution in [2.24, 2.45) is 11.1 Å². The fraction of sp³-hybridized carbons (Fsp3) is 0.500. The molecule has 0 bridgehead atoms. The van der Waals surface area contributed by atoms with Gasteiger partial charge in [-0.05, 0) is 36.8 Å². The van der Waals surface area contributed by atoms with Crippen molar-refractivity contribution in [2.75, 3.05) is 13.1 Å². The quantitative estimate of drug-likeness (QED) is 0.681. The second kappa shape index (κ2) is 6.24. The molecule has 1 aromatic carbocycles. The molecule has 7 nitrogen and oxygen atoms in total. The molecule has 4 rings (SSSR count). The molecule has 25 heavy (non-hydrogen) atoms. The third-order valence-electron chi connectivity index (χ3n) is 5.80. The Hall–Kier alpha value is -2.25. The summed E-state index contributed by atoms with van der Waals surface area (Å²) in [6.07, 6.45) is 8.77. The van der Waals surface area contributed by atoms with Crippen molar-refractivity contribution in [3.63, 3.8) is 0 Å². The smallest absolute Gasteiger partial charge is 0.269 e. The summed E-state index contributed by atoms with van der Waals surface area (Å²) in [6.45, 7) is 2.99. The molecule has 2 aliphatic rings. The number of hydrogen-bond acceptors (Lipinski definition) is 5. The molecular weight excluding hydrogens is 318 g/mol. The first-order valence-corrected chi connectivity index (χ1v) is 8.82. The Morgan fingerprint density at radius 1 is 1.32 bits per heavy atom. The first-order chi connectivity index (χ1) is 12.1. The molecule has 1 spiro atoms. The fourth-order valence-electron chi connectivity index (χ4n) is 4.13. The molecule has 0 amide bonds. The number of benzene rings is 1. The van der Waals surface area contributed by atoms with Crippen LogP contribution in [0.15, 0.2) is 36.7 Å². The predicted molar refractivity (Wildman–Crippen MR) is 94.4 cm³/mol. The summed E-state index contributed by atoms with van der Waals surface area (Å²) in [5.41, 5.74) is 8.77. The van der Waals surface area contributed by atoms with Gasteiger partial charge in [-0.15, -0.1) is 0 Å². The van der Waals surface area contributed by atoms with Gasteiger partial charge in [-0.2, -0.15) is 5.10 Å². The minimum absolute atomic E-state index is 0.0894. The van der Waals surface area contributed by atoms with Crippen LogP contribution >= 0.6 is 0 Å². The van der Waals surface area contributed by atoms with Crippen LogP contribution in [0, 0.1) is 15.5 Å². The number of nitro benzene ring substituents is 1. The molecule has 2 heterocycles. The molecule has 2 aromatic rings. The maximum absolute atomic E-state index is 10.7. The highest BCUT2D eigenvalue weighted by Crippen LogP contribution is 2.46. The van der Waals surface area contributed by atoms with E-state index in [9.17, 15) is 10.1 Å². The van der Waals surface area contributed by atoms with E-state index in [1.165, 1.54) is 31.4 Å². The average Bonchev–Trinajstić information content (AvgIpc) is 3.03. The zero-order valence-electron chi connectivity index (χ0n) is 14.2. The average molecular weight is 341 g/mol. The molecule has 7 heteroatoms. The Bertz CT molecular complexity index is 766. The fourth-order valence-corrected chi connectivity index (χ4v) is 4.13. The maximum Gasteiger partial charge on any atom is 0.269 e. The molecule has 1 aromatic heterocycles. The van der Waals surface area contributed by atoms with Crippen molar-refractivity contribution in [1.29, 1.82) is 0 Å². The van der Waals surface area contributed by atoms with Crippen molar-refractivity contribution in [3.05, 3.63) is 52.3 Å². The monoisotopic (exact) mass is 341 g/mol. The topological polar surface area (TPSA) is 90.2 Å². The summed E-state index contributed by atoms with van der Waals surface area (Å²) in [4.78, 5) is 12.8. The number of piperidine rings is 1. The zero-order valence-corrected chi connectivity index (χ0v) is 14.2. The molecular formula is C18H23N5O2. The van der Waals surface area contributed by atoms with Gasteiger partial charge in [-0.25, -0.2) is 4.68 Å². The molecule has 1 aliphatic heterocycles. The van der Waals surface area contributed by atoms with Crippen molar-refractivity contribution < 1.29 is 4.92 Å². The van der Waals surface area contributed by atoms with E-state index < -0.39 is 4.92 Å². The minimum Gasteiger partial charge on any atom is -0.327 e. The Labute approximate surface area is 146 Å². The number of nitrogens with zero attached hydrogens (tertiary/aromatic N) is 4. The van der Waals surface area contributed by atoms with E-state index in [4.69, 9.17) is 5.73 Å². The second-order valence-corrected chi connectivity index (χ2v) is 7.39. The highest BCUT2D eigenvalue weighted by molar-refractivity contribution is 5.40. The lowest BCUT2D eigenvalue weighted by Crippen LogP contribution is -2.58. The number of nitrogens with two attached hydrogens (primary N) is 1. The van der Waals surface area contributed by atoms with Gasteiger partial charge in [0.15, 0.2) is 0 Å². The molecule has 1 unspecified atom stereocenters. The lowest BCUT2D eigenvalue weighted by molar-refractivity contribution is -0.384. The Kier molecular flexibility index (Phi) is 4.05. The first-order valence-electron chi connectivity index (χ1n) is 8.82. The van der Waals surface area contributed by atoms with Gasteiger partial charge in [0.1, 0.15) is 0 Å². The Morgan fingerprint density at radius 2 is 2.08 bits per heavy atom. The van der Waals surface area contributed by atoms with Crippen molar-refractivity contribution in [2.45, 2.75) is 38.3 Å². The predicted octanol–water partition coefficient (Wildman–Crippen LogP) is 2.48. The summed E-state index contributed by atoms with van der Waals surface area (Å²) in [6, 6.07) is 6.79. The number of nitro groups is 1. The Morgan fingerprint density at radius 3 is 2.72 bits per heavy atom. The Balaban J connectivity index is 1.44. The van der Waals surface area contributed by atoms with Gasteiger partial charge < -0.3 is 5.73 Å². The number of hydrogen-bond donors (Lipinski definition) is 1. The molecule has 1 saturated heterocycles. The van der Waals surface area contributed by atoms with Crippen LogP contribution in [0.1, 0.15) is 31.2 Å². The van der Waals surface area contributed by atoms with Crippen LogP contribution in [-0.2, 0) is 6.54 Å². The van der Waals surface area contributed by atoms with Crippen LogP contribution in [0.4, 0.5) is 5.69 Å². The highest BCUT2D eigenvalue weighted by atomic mass is 16.6. The van der Waals surface area contributed by atoms with E-state index in [1.54, 1.807) is 16.8 Å². The minimum atomic E-state index is -0.393. The zero-order chi connectivity index (χ0) is 17.4. The van der Waals surface area contributed by atoms with Gasteiger partial charge >= 0.3 is 0 Å². The summed E-state index contributed by atoms with van der Waals surface area (Å²) in [7, 11) is 0. The molecule has 2 fully saturated rings. The van der Waals surface area contributed by atoms with Gasteiger partial charge in [-0.1, -0.05) is 6.42 Å². The number of rotatable bonds is 4. The van der Waals surface area contributed by atoms with Gasteiger partial charge in [0, 0.05) is 49.6 Å². The van der Waals surface area contributed by atoms with Crippen molar-refractivity contribution >= 4 is 5.69 Å². The van der Waals surface area contributed by atoms with E-state index >= 15 is 0 Å². The number of aromatic nitrogens is 2. The maximum atomic E-state index is 10.7. The van der Waals surface area contributed by atoms with Crippen LogP contribution < -0.4 is 5.73 Å². The van der Waals surface area contributed by atoms with Gasteiger partial charge in [0.05, 0.1) is 16.8 Å². The highest BCUT2D eigenvalue weighted by Gasteiger charge is 2.45. The molecule has 0 radical (unpaired) electrons. The standard InChI is InChI=1S/C18H23N5O2/c19-17-6-9-21(13-18(17)7-1-8-18)11-14-10-20-22(12-14)15-2-4-16(5-3-15)23(24)25/h2-5,10,12,17H,1,6-9,11,13,19H2. The molecule has 132 valence electrons. The van der Waals surface area contributed by atoms with Crippen molar-refractivity contribution in [3.8, 4) is 5.69 Å². The lowest BCUT2D eigenvalue weighted by atomic mass is 9.61. The second-order valence-electron chi connectivity index (χ2n) is 7.39. The third-order valence-corrected chi connectivity index (χ3v) is 5.80. The van der Waals surface area contributed by atoms with Crippen LogP contribution in [0.25, 0.3) is 5.69 Å². The summed E-state index contributed by atoms with van der Waals surface area (Å²) >= 11 is 0. The van der Waals surface area contributed by atoms with E-state index in [0.29, 0.717) is 11.5 Å². The largest absolute Gasteiger partial charge is 0.327 e. The van der Waals surface area contributed by atoms with E-state index in [0.717, 1.165) is 37.3 Å². The summed E-state index contributed by atoms with van der Waals surface area (Å²) in [5, 5.41) is 15.2. The van der Waals surface area contributed by atoms with Gasteiger partial charge in [-0.3, -0.25) is 15.0 Å². The normalized spacial score (nSPS) is 22.7. The first kappa shape index (κ1) is 16.2. The number of likely N-dealkylation sites (tertiary alicyclic amines) is 1. The van der Waals surface area contributed by atoms with Gasteiger partial charge in [0.2, 0.25) is 0 Å². The molecule has 1 saturated carbocycles. The van der Waals surface area contributed by atoms with Crippen molar-refractivity contribution in [1.82, 2.24) is 14.7 Å². The summed E-state index contributed by atoms with van der Waals surface area (Å²) in [5.74, 6) is 0. The number of non-ortho nitro benzene ring substituents is 1. The SMILES string of the molecule is NC1CCN(Cc2cnn(-c3ccc([N+](=O)[O-])cc3)c2)CC12CCC2. The van der Waals surface area contributed by atoms with E-state index in [2.05, 4.69) is 10.00 Å². The van der Waals surface area contributed by atoms with Crippen LogP contribution in [0.3, 0.4) is 0 Å². The van der Waals surface area contributed by atoms with Gasteiger partial charge in [0.25, 0.3) is 5.69 Å². The van der Waals surface area contributed by atoms with Crippen LogP contribution in [0.2, 0.25) is 0 Å². The third kappa shape index (κ3) is 3.05. The van der Waals surface area contributed by atoms with E-state index in [-0.39, 0.29) is 5.69 Å². The lowest BCUT2D eigenvalue weighted by Gasteiger charge is -2.52. The van der Waals surface area contributed by atoms with Crippen LogP contribution in [0.5, 0.6) is 0 Å². The van der Waals surface area contributed by atoms with Crippen LogP contribution in [-0.4, -0.2) is 38.7 Å². The molecule has 2 N–H and O–H groups in total.